The first kappa shape index (κ1) is 11.3. The lowest BCUT2D eigenvalue weighted by atomic mass is 10.1. The molecule has 1 unspecified atom stereocenters. The Labute approximate surface area is 110 Å². The third kappa shape index (κ3) is 1.81. The molecule has 0 saturated heterocycles. The predicted molar refractivity (Wildman–Crippen MR) is 75.4 cm³/mol. The van der Waals surface area contributed by atoms with E-state index in [0.717, 1.165) is 13.0 Å². The molecule has 90 valence electrons. The van der Waals surface area contributed by atoms with Crippen LogP contribution in [0.1, 0.15) is 37.1 Å². The molecule has 3 rings (SSSR count). The number of hydrogen-bond donors (Lipinski definition) is 2. The highest BCUT2D eigenvalue weighted by Gasteiger charge is 2.26. The molecule has 1 aliphatic carbocycles. The van der Waals surface area contributed by atoms with E-state index in [9.17, 15) is 0 Å². The van der Waals surface area contributed by atoms with E-state index in [2.05, 4.69) is 51.4 Å². The van der Waals surface area contributed by atoms with Gasteiger partial charge in [0, 0.05) is 21.6 Å². The minimum Gasteiger partial charge on any atom is -0.357 e. The topological polar surface area (TPSA) is 27.8 Å². The Morgan fingerprint density at radius 2 is 2.35 bits per heavy atom. The summed E-state index contributed by atoms with van der Waals surface area (Å²) in [5.41, 5.74) is 4.16. The van der Waals surface area contributed by atoms with Crippen LogP contribution >= 0.6 is 15.9 Å². The Morgan fingerprint density at radius 3 is 3.18 bits per heavy atom. The number of fused-ring (bicyclic) bond motifs is 3. The van der Waals surface area contributed by atoms with Crippen LogP contribution < -0.4 is 5.32 Å². The zero-order valence-corrected chi connectivity index (χ0v) is 11.6. The maximum Gasteiger partial charge on any atom is 0.0603 e. The molecule has 1 aliphatic rings. The molecular weight excluding hydrogens is 276 g/mol. The fourth-order valence-electron chi connectivity index (χ4n) is 2.81. The summed E-state index contributed by atoms with van der Waals surface area (Å²) in [7, 11) is 0. The summed E-state index contributed by atoms with van der Waals surface area (Å²) in [6.45, 7) is 3.32. The fourth-order valence-corrected chi connectivity index (χ4v) is 3.27. The molecule has 3 heteroatoms. The molecule has 0 saturated carbocycles. The monoisotopic (exact) mass is 292 g/mol. The van der Waals surface area contributed by atoms with Gasteiger partial charge in [-0.15, -0.1) is 0 Å². The van der Waals surface area contributed by atoms with Gasteiger partial charge >= 0.3 is 0 Å². The lowest BCUT2D eigenvalue weighted by Gasteiger charge is -2.12. The molecule has 2 N–H and O–H groups in total. The number of hydrogen-bond acceptors (Lipinski definition) is 1. The molecule has 2 nitrogen and oxygen atoms in total. The van der Waals surface area contributed by atoms with E-state index in [4.69, 9.17) is 0 Å². The van der Waals surface area contributed by atoms with Crippen LogP contribution in [0, 0.1) is 0 Å². The van der Waals surface area contributed by atoms with E-state index in [0.29, 0.717) is 6.04 Å². The standard InChI is InChI=1S/C14H17BrN2/c1-2-8-16-11-6-7-12-13(11)9-4-3-5-10(15)14(9)17-12/h3-5,11,16-17H,2,6-8H2,1H3. The molecule has 0 fully saturated rings. The Kier molecular flexibility index (Phi) is 2.97. The second-order valence-electron chi connectivity index (χ2n) is 4.73. The van der Waals surface area contributed by atoms with Crippen molar-refractivity contribution >= 4 is 26.8 Å². The van der Waals surface area contributed by atoms with Crippen molar-refractivity contribution in [2.24, 2.45) is 0 Å². The lowest BCUT2D eigenvalue weighted by Crippen LogP contribution is -2.19. The maximum atomic E-state index is 3.65. The zero-order chi connectivity index (χ0) is 11.8. The van der Waals surface area contributed by atoms with E-state index in [1.807, 2.05) is 0 Å². The van der Waals surface area contributed by atoms with Crippen LogP contribution in [0.4, 0.5) is 0 Å². The molecule has 1 heterocycles. The van der Waals surface area contributed by atoms with Crippen molar-refractivity contribution in [1.82, 2.24) is 10.3 Å². The lowest BCUT2D eigenvalue weighted by molar-refractivity contribution is 0.531. The first-order chi connectivity index (χ1) is 8.31. The second kappa shape index (κ2) is 4.46. The molecule has 2 aromatic rings. The van der Waals surface area contributed by atoms with Gasteiger partial charge in [-0.3, -0.25) is 0 Å². The molecule has 0 aliphatic heterocycles. The van der Waals surface area contributed by atoms with Gasteiger partial charge in [0.15, 0.2) is 0 Å². The molecular formula is C14H17BrN2. The molecule has 1 atom stereocenters. The Bertz CT molecular complexity index is 544. The van der Waals surface area contributed by atoms with Gasteiger partial charge in [-0.05, 0) is 53.4 Å². The third-order valence-corrected chi connectivity index (χ3v) is 4.24. The van der Waals surface area contributed by atoms with Gasteiger partial charge in [0.25, 0.3) is 0 Å². The van der Waals surface area contributed by atoms with E-state index >= 15 is 0 Å². The molecule has 1 aromatic carbocycles. The molecule has 0 amide bonds. The summed E-state index contributed by atoms with van der Waals surface area (Å²) >= 11 is 3.62. The molecule has 17 heavy (non-hydrogen) atoms. The molecule has 0 bridgehead atoms. The number of halogens is 1. The third-order valence-electron chi connectivity index (χ3n) is 3.58. The minimum absolute atomic E-state index is 0.535. The van der Waals surface area contributed by atoms with Crippen molar-refractivity contribution in [2.45, 2.75) is 32.2 Å². The first-order valence-electron chi connectivity index (χ1n) is 6.33. The van der Waals surface area contributed by atoms with Crippen molar-refractivity contribution in [1.29, 1.82) is 0 Å². The van der Waals surface area contributed by atoms with Gasteiger partial charge in [0.05, 0.1) is 5.52 Å². The average Bonchev–Trinajstić information content (AvgIpc) is 2.87. The number of aryl methyl sites for hydroxylation is 1. The SMILES string of the molecule is CCCNC1CCc2[nH]c3c(Br)cccc3c21. The summed E-state index contributed by atoms with van der Waals surface area (Å²) in [6, 6.07) is 6.98. The van der Waals surface area contributed by atoms with Gasteiger partial charge < -0.3 is 10.3 Å². The summed E-state index contributed by atoms with van der Waals surface area (Å²) in [5.74, 6) is 0. The molecule has 0 radical (unpaired) electrons. The summed E-state index contributed by atoms with van der Waals surface area (Å²) < 4.78 is 1.17. The molecule has 0 spiro atoms. The van der Waals surface area contributed by atoms with Crippen LogP contribution in [-0.2, 0) is 6.42 Å². The maximum absolute atomic E-state index is 3.65. The van der Waals surface area contributed by atoms with Crippen LogP contribution in [0.5, 0.6) is 0 Å². The van der Waals surface area contributed by atoms with Gasteiger partial charge in [0.2, 0.25) is 0 Å². The van der Waals surface area contributed by atoms with Crippen molar-refractivity contribution in [2.75, 3.05) is 6.54 Å². The highest BCUT2D eigenvalue weighted by molar-refractivity contribution is 9.10. The number of H-pyrrole nitrogens is 1. The second-order valence-corrected chi connectivity index (χ2v) is 5.58. The first-order valence-corrected chi connectivity index (χ1v) is 7.13. The number of aromatic amines is 1. The van der Waals surface area contributed by atoms with Crippen molar-refractivity contribution in [3.8, 4) is 0 Å². The van der Waals surface area contributed by atoms with Crippen molar-refractivity contribution < 1.29 is 0 Å². The van der Waals surface area contributed by atoms with Crippen LogP contribution in [0.3, 0.4) is 0 Å². The highest BCUT2D eigenvalue weighted by Crippen LogP contribution is 2.38. The van der Waals surface area contributed by atoms with E-state index in [1.54, 1.807) is 0 Å². The summed E-state index contributed by atoms with van der Waals surface area (Å²) in [5, 5.41) is 5.03. The number of para-hydroxylation sites is 1. The minimum atomic E-state index is 0.535. The Morgan fingerprint density at radius 1 is 1.47 bits per heavy atom. The summed E-state index contributed by atoms with van der Waals surface area (Å²) in [4.78, 5) is 3.56. The van der Waals surface area contributed by atoms with Crippen LogP contribution in [0.2, 0.25) is 0 Å². The average molecular weight is 293 g/mol. The Balaban J connectivity index is 2.07. The van der Waals surface area contributed by atoms with Crippen molar-refractivity contribution in [3.63, 3.8) is 0 Å². The normalized spacial score (nSPS) is 18.8. The largest absolute Gasteiger partial charge is 0.357 e. The van der Waals surface area contributed by atoms with E-state index in [-0.39, 0.29) is 0 Å². The Hall–Kier alpha value is -0.800. The molecule has 1 aromatic heterocycles. The highest BCUT2D eigenvalue weighted by atomic mass is 79.9. The van der Waals surface area contributed by atoms with Gasteiger partial charge in [-0.2, -0.15) is 0 Å². The quantitative estimate of drug-likeness (QED) is 0.882. The fraction of sp³-hybridized carbons (Fsp3) is 0.429. The van der Waals surface area contributed by atoms with Gasteiger partial charge in [-0.25, -0.2) is 0 Å². The van der Waals surface area contributed by atoms with Gasteiger partial charge in [0.1, 0.15) is 0 Å². The predicted octanol–water partition coefficient (Wildman–Crippen LogP) is 3.92. The van der Waals surface area contributed by atoms with Crippen molar-refractivity contribution in [3.05, 3.63) is 33.9 Å². The summed E-state index contributed by atoms with van der Waals surface area (Å²) in [6.07, 6.45) is 3.58. The van der Waals surface area contributed by atoms with Crippen LogP contribution in [-0.4, -0.2) is 11.5 Å². The van der Waals surface area contributed by atoms with Gasteiger partial charge in [-0.1, -0.05) is 19.1 Å². The van der Waals surface area contributed by atoms with E-state index in [1.165, 1.54) is 39.5 Å². The van der Waals surface area contributed by atoms with E-state index < -0.39 is 0 Å². The zero-order valence-electron chi connectivity index (χ0n) is 10.0. The van der Waals surface area contributed by atoms with Crippen LogP contribution in [0.15, 0.2) is 22.7 Å². The number of benzene rings is 1. The number of rotatable bonds is 3. The number of aromatic nitrogens is 1. The smallest absolute Gasteiger partial charge is 0.0603 e. The van der Waals surface area contributed by atoms with Crippen LogP contribution in [0.25, 0.3) is 10.9 Å². The number of nitrogens with one attached hydrogen (secondary N) is 2.